The average molecular weight is 556 g/mol. The lowest BCUT2D eigenvalue weighted by atomic mass is 9.59. The van der Waals surface area contributed by atoms with Crippen molar-refractivity contribution < 1.29 is 33.2 Å². The van der Waals surface area contributed by atoms with Gasteiger partial charge in [0.05, 0.1) is 39.6 Å². The molecule has 0 unspecified atom stereocenters. The van der Waals surface area contributed by atoms with E-state index in [2.05, 4.69) is 24.4 Å². The quantitative estimate of drug-likeness (QED) is 0.232. The smallest absolute Gasteiger partial charge is 0.407 e. The summed E-state index contributed by atoms with van der Waals surface area (Å²) in [7, 11) is 1.65. The Morgan fingerprint density at radius 1 is 0.925 bits per heavy atom. The van der Waals surface area contributed by atoms with Gasteiger partial charge in [0.15, 0.2) is 6.79 Å². The van der Waals surface area contributed by atoms with Gasteiger partial charge in [-0.3, -0.25) is 0 Å². The van der Waals surface area contributed by atoms with Crippen molar-refractivity contribution in [1.29, 1.82) is 0 Å². The van der Waals surface area contributed by atoms with Crippen molar-refractivity contribution in [3.63, 3.8) is 0 Å². The monoisotopic (exact) mass is 555 g/mol. The maximum atomic E-state index is 13.0. The molecule has 2 aliphatic rings. The first-order chi connectivity index (χ1) is 19.6. The van der Waals surface area contributed by atoms with Gasteiger partial charge in [0.2, 0.25) is 0 Å². The second-order valence-electron chi connectivity index (χ2n) is 10.9. The van der Waals surface area contributed by atoms with E-state index in [-0.39, 0.29) is 30.9 Å². The van der Waals surface area contributed by atoms with Crippen molar-refractivity contribution >= 4 is 6.09 Å². The number of methoxy groups -OCH3 is 1. The number of carbonyl (C=O) groups is 1. The second-order valence-corrected chi connectivity index (χ2v) is 10.9. The summed E-state index contributed by atoms with van der Waals surface area (Å²) in [4.78, 5) is 13.0. The van der Waals surface area contributed by atoms with E-state index in [1.54, 1.807) is 7.11 Å². The van der Waals surface area contributed by atoms with Crippen LogP contribution in [0, 0.1) is 5.92 Å². The molecular formula is C32H45NO7. The molecular weight excluding hydrogens is 510 g/mol. The average Bonchev–Trinajstić information content (AvgIpc) is 2.97. The molecule has 0 radical (unpaired) electrons. The molecule has 2 aliphatic carbocycles. The molecule has 0 saturated heterocycles. The van der Waals surface area contributed by atoms with E-state index in [9.17, 15) is 4.79 Å². The molecule has 2 aromatic rings. The molecule has 1 fully saturated rings. The van der Waals surface area contributed by atoms with Crippen LogP contribution in [0.25, 0.3) is 0 Å². The van der Waals surface area contributed by atoms with Gasteiger partial charge in [-0.2, -0.15) is 0 Å². The molecule has 2 aromatic carbocycles. The van der Waals surface area contributed by atoms with Gasteiger partial charge in [0, 0.05) is 18.6 Å². The minimum absolute atomic E-state index is 0.00528. The molecule has 4 rings (SSSR count). The Balaban J connectivity index is 1.31. The SMILES string of the molecule is COCCOCCOCCOCOc1ccc2c(c1)[C@@]1(C)CCCCC[C@@H](C2)[C@@H]1NC(=O)OCc1ccccc1. The molecule has 0 heterocycles. The number of hydrogen-bond donors (Lipinski definition) is 1. The number of fused-ring (bicyclic) bond motifs is 4. The third-order valence-corrected chi connectivity index (χ3v) is 8.08. The molecule has 40 heavy (non-hydrogen) atoms. The fourth-order valence-corrected chi connectivity index (χ4v) is 6.00. The normalized spacial score (nSPS) is 22.1. The minimum atomic E-state index is -0.348. The first kappa shape index (κ1) is 30.3. The third-order valence-electron chi connectivity index (χ3n) is 8.08. The standard InChI is InChI=1S/C32H45NO7/c1-32-14-8-4-7-11-27(30(32)33-31(34)39-23-25-9-5-3-6-10-25)21-26-12-13-28(22-29(26)32)40-24-38-20-19-37-18-17-36-16-15-35-2/h3,5-6,9-10,12-13,22,27,30H,4,7-8,11,14-21,23-24H2,1-2H3,(H,33,34)/t27-,30-,32+/m0/s1. The summed E-state index contributed by atoms with van der Waals surface area (Å²) in [5.41, 5.74) is 3.38. The zero-order valence-corrected chi connectivity index (χ0v) is 24.0. The van der Waals surface area contributed by atoms with Crippen LogP contribution in [0.4, 0.5) is 4.79 Å². The van der Waals surface area contributed by atoms with Crippen LogP contribution in [-0.4, -0.2) is 65.7 Å². The predicted molar refractivity (Wildman–Crippen MR) is 153 cm³/mol. The van der Waals surface area contributed by atoms with Crippen LogP contribution in [0.3, 0.4) is 0 Å². The lowest BCUT2D eigenvalue weighted by Gasteiger charge is -2.49. The molecule has 8 nitrogen and oxygen atoms in total. The Hall–Kier alpha value is -2.65. The maximum Gasteiger partial charge on any atom is 0.407 e. The largest absolute Gasteiger partial charge is 0.468 e. The van der Waals surface area contributed by atoms with Crippen molar-refractivity contribution in [2.75, 3.05) is 53.5 Å². The van der Waals surface area contributed by atoms with E-state index in [1.165, 1.54) is 24.0 Å². The second kappa shape index (κ2) is 16.0. The van der Waals surface area contributed by atoms with E-state index < -0.39 is 0 Å². The highest BCUT2D eigenvalue weighted by atomic mass is 16.7. The van der Waals surface area contributed by atoms with Gasteiger partial charge >= 0.3 is 6.09 Å². The van der Waals surface area contributed by atoms with E-state index >= 15 is 0 Å². The zero-order chi connectivity index (χ0) is 28.0. The number of amides is 1. The Labute approximate surface area is 238 Å². The van der Waals surface area contributed by atoms with Gasteiger partial charge in [0.1, 0.15) is 12.4 Å². The van der Waals surface area contributed by atoms with Crippen molar-refractivity contribution in [3.05, 3.63) is 65.2 Å². The molecule has 0 aromatic heterocycles. The van der Waals surface area contributed by atoms with Crippen molar-refractivity contribution in [3.8, 4) is 5.75 Å². The Bertz CT molecular complexity index is 1030. The summed E-state index contributed by atoms with van der Waals surface area (Å²) in [6.07, 6.45) is 6.25. The lowest BCUT2D eigenvalue weighted by Crippen LogP contribution is -2.57. The van der Waals surface area contributed by atoms with Crippen LogP contribution in [0.15, 0.2) is 48.5 Å². The minimum Gasteiger partial charge on any atom is -0.468 e. The number of carbonyl (C=O) groups excluding carboxylic acids is 1. The molecule has 1 N–H and O–H groups in total. The lowest BCUT2D eigenvalue weighted by molar-refractivity contribution is -0.0293. The molecule has 0 spiro atoms. The molecule has 1 saturated carbocycles. The zero-order valence-electron chi connectivity index (χ0n) is 24.0. The maximum absolute atomic E-state index is 13.0. The van der Waals surface area contributed by atoms with Crippen molar-refractivity contribution in [2.24, 2.45) is 5.92 Å². The first-order valence-electron chi connectivity index (χ1n) is 14.6. The number of alkyl carbamates (subject to hydrolysis) is 1. The predicted octanol–water partition coefficient (Wildman–Crippen LogP) is 5.41. The van der Waals surface area contributed by atoms with Crippen LogP contribution in [0.5, 0.6) is 5.75 Å². The molecule has 2 bridgehead atoms. The highest BCUT2D eigenvalue weighted by Crippen LogP contribution is 2.47. The summed E-state index contributed by atoms with van der Waals surface area (Å²) < 4.78 is 33.0. The van der Waals surface area contributed by atoms with Gasteiger partial charge < -0.3 is 33.7 Å². The number of ether oxygens (including phenoxy) is 6. The number of hydrogen-bond acceptors (Lipinski definition) is 7. The van der Waals surface area contributed by atoms with Gasteiger partial charge in [-0.1, -0.05) is 62.6 Å². The number of benzene rings is 2. The van der Waals surface area contributed by atoms with Gasteiger partial charge in [-0.25, -0.2) is 4.79 Å². The van der Waals surface area contributed by atoms with E-state index in [0.29, 0.717) is 45.6 Å². The van der Waals surface area contributed by atoms with Crippen LogP contribution < -0.4 is 10.1 Å². The summed E-state index contributed by atoms with van der Waals surface area (Å²) >= 11 is 0. The fourth-order valence-electron chi connectivity index (χ4n) is 6.00. The summed E-state index contributed by atoms with van der Waals surface area (Å²) in [5.74, 6) is 1.15. The molecule has 3 atom stereocenters. The molecule has 220 valence electrons. The van der Waals surface area contributed by atoms with Gasteiger partial charge in [-0.05, 0) is 54.0 Å². The molecule has 1 amide bonds. The highest BCUT2D eigenvalue weighted by molar-refractivity contribution is 5.68. The van der Waals surface area contributed by atoms with Gasteiger partial charge in [0.25, 0.3) is 0 Å². The molecule has 8 heteroatoms. The number of rotatable bonds is 15. The van der Waals surface area contributed by atoms with Crippen molar-refractivity contribution in [1.82, 2.24) is 5.32 Å². The van der Waals surface area contributed by atoms with Crippen LogP contribution in [0.2, 0.25) is 0 Å². The fraction of sp³-hybridized carbons (Fsp3) is 0.594. The first-order valence-corrected chi connectivity index (χ1v) is 14.6. The van der Waals surface area contributed by atoms with Crippen LogP contribution in [0.1, 0.15) is 55.7 Å². The van der Waals surface area contributed by atoms with Crippen molar-refractivity contribution in [2.45, 2.75) is 63.5 Å². The molecule has 0 aliphatic heterocycles. The van der Waals surface area contributed by atoms with Gasteiger partial charge in [-0.15, -0.1) is 0 Å². The van der Waals surface area contributed by atoms with Crippen LogP contribution in [-0.2, 0) is 42.1 Å². The van der Waals surface area contributed by atoms with Crippen LogP contribution >= 0.6 is 0 Å². The van der Waals surface area contributed by atoms with E-state index in [1.807, 2.05) is 36.4 Å². The number of nitrogens with one attached hydrogen (secondary N) is 1. The summed E-state index contributed by atoms with van der Waals surface area (Å²) in [6, 6.07) is 16.2. The third kappa shape index (κ3) is 8.67. The van der Waals surface area contributed by atoms with E-state index in [0.717, 1.165) is 37.0 Å². The highest BCUT2D eigenvalue weighted by Gasteiger charge is 2.46. The Morgan fingerprint density at radius 2 is 1.68 bits per heavy atom. The topological polar surface area (TPSA) is 84.5 Å². The van der Waals surface area contributed by atoms with E-state index in [4.69, 9.17) is 28.4 Å². The summed E-state index contributed by atoms with van der Waals surface area (Å²) in [6.45, 7) is 5.85. The summed E-state index contributed by atoms with van der Waals surface area (Å²) in [5, 5.41) is 3.29. The Kier molecular flexibility index (Phi) is 12.1. The Morgan fingerprint density at radius 3 is 2.45 bits per heavy atom.